The van der Waals surface area contributed by atoms with Crippen LogP contribution >= 0.6 is 24.8 Å². The zero-order valence-corrected chi connectivity index (χ0v) is 16.4. The fourth-order valence-electron chi connectivity index (χ4n) is 2.32. The predicted octanol–water partition coefficient (Wildman–Crippen LogP) is 2.60. The Morgan fingerprint density at radius 2 is 2.00 bits per heavy atom. The lowest BCUT2D eigenvalue weighted by Crippen LogP contribution is -2.40. The number of carboxylic acid groups (broad SMARTS) is 1. The van der Waals surface area contributed by atoms with Crippen LogP contribution in [0, 0.1) is 0 Å². The predicted molar refractivity (Wildman–Crippen MR) is 107 cm³/mol. The zero-order valence-electron chi connectivity index (χ0n) is 14.8. The van der Waals surface area contributed by atoms with Crippen LogP contribution in [-0.2, 0) is 11.3 Å². The molecule has 0 spiro atoms. The maximum absolute atomic E-state index is 11.9. The number of nitrogens with one attached hydrogen (secondary N) is 1. The van der Waals surface area contributed by atoms with Gasteiger partial charge in [-0.3, -0.25) is 9.78 Å². The van der Waals surface area contributed by atoms with E-state index in [1.807, 2.05) is 6.92 Å². The maximum atomic E-state index is 11.9. The quantitative estimate of drug-likeness (QED) is 0.515. The molecule has 0 aliphatic rings. The molecule has 2 aromatic heterocycles. The van der Waals surface area contributed by atoms with Gasteiger partial charge in [0.05, 0.1) is 23.8 Å². The average molecular weight is 419 g/mol. The van der Waals surface area contributed by atoms with Crippen LogP contribution < -0.4 is 16.8 Å². The number of carbonyl (C=O) groups is 2. The van der Waals surface area contributed by atoms with Gasteiger partial charge in [-0.2, -0.15) is 0 Å². The molecule has 2 aromatic rings. The molecule has 10 heteroatoms. The number of nitrogens with two attached hydrogens (primary N) is 2. The molecule has 150 valence electrons. The van der Waals surface area contributed by atoms with Gasteiger partial charge in [0.2, 0.25) is 5.91 Å². The Kier molecular flexibility index (Phi) is 10.5. The molecule has 2 heterocycles. The van der Waals surface area contributed by atoms with E-state index in [0.717, 1.165) is 12.8 Å². The van der Waals surface area contributed by atoms with Crippen molar-refractivity contribution in [2.24, 2.45) is 5.73 Å². The second-order valence-electron chi connectivity index (χ2n) is 5.69. The van der Waals surface area contributed by atoms with Crippen LogP contribution in [-0.4, -0.2) is 28.0 Å². The van der Waals surface area contributed by atoms with Gasteiger partial charge in [-0.1, -0.05) is 19.8 Å². The highest BCUT2D eigenvalue weighted by Crippen LogP contribution is 2.29. The number of hydrogen-bond acceptors (Lipinski definition) is 6. The Labute approximate surface area is 169 Å². The molecule has 0 saturated heterocycles. The first-order chi connectivity index (χ1) is 11.9. The second kappa shape index (κ2) is 11.4. The SMILES string of the molecule is CCCC[C@H](N)C(=O)NCc1ccc(-c2cncc(C(=O)O)c2N)o1.Cl.Cl. The van der Waals surface area contributed by atoms with Gasteiger partial charge in [0.1, 0.15) is 17.1 Å². The van der Waals surface area contributed by atoms with Crippen LogP contribution in [0.4, 0.5) is 5.69 Å². The highest BCUT2D eigenvalue weighted by atomic mass is 35.5. The number of nitrogen functional groups attached to an aromatic ring is 1. The average Bonchev–Trinajstić information content (AvgIpc) is 3.06. The molecule has 8 nitrogen and oxygen atoms in total. The minimum absolute atomic E-state index is 0. The largest absolute Gasteiger partial charge is 0.478 e. The molecule has 0 aliphatic heterocycles. The first-order valence-corrected chi connectivity index (χ1v) is 8.03. The Morgan fingerprint density at radius 1 is 1.30 bits per heavy atom. The van der Waals surface area contributed by atoms with E-state index in [2.05, 4.69) is 10.3 Å². The molecule has 2 rings (SSSR count). The van der Waals surface area contributed by atoms with Gasteiger partial charge in [0.25, 0.3) is 0 Å². The summed E-state index contributed by atoms with van der Waals surface area (Å²) in [6.07, 6.45) is 5.13. The summed E-state index contributed by atoms with van der Waals surface area (Å²) < 4.78 is 5.63. The van der Waals surface area contributed by atoms with Gasteiger partial charge in [0.15, 0.2) is 0 Å². The number of unbranched alkanes of at least 4 members (excludes halogenated alkanes) is 1. The monoisotopic (exact) mass is 418 g/mol. The molecule has 0 bridgehead atoms. The summed E-state index contributed by atoms with van der Waals surface area (Å²) in [7, 11) is 0. The van der Waals surface area contributed by atoms with Crippen LogP contribution in [0.1, 0.15) is 42.3 Å². The van der Waals surface area contributed by atoms with E-state index in [4.69, 9.17) is 21.0 Å². The summed E-state index contributed by atoms with van der Waals surface area (Å²) in [5, 5.41) is 11.8. The minimum Gasteiger partial charge on any atom is -0.478 e. The number of rotatable bonds is 8. The summed E-state index contributed by atoms with van der Waals surface area (Å²) >= 11 is 0. The third-order valence-corrected chi connectivity index (χ3v) is 3.79. The van der Waals surface area contributed by atoms with Crippen molar-refractivity contribution in [1.82, 2.24) is 10.3 Å². The lowest BCUT2D eigenvalue weighted by atomic mass is 10.1. The van der Waals surface area contributed by atoms with E-state index in [1.54, 1.807) is 12.1 Å². The fraction of sp³-hybridized carbons (Fsp3) is 0.353. The molecule has 0 fully saturated rings. The molecular weight excluding hydrogens is 395 g/mol. The van der Waals surface area contributed by atoms with Crippen molar-refractivity contribution in [1.29, 1.82) is 0 Å². The summed E-state index contributed by atoms with van der Waals surface area (Å²) in [6, 6.07) is 2.79. The van der Waals surface area contributed by atoms with Gasteiger partial charge >= 0.3 is 5.97 Å². The highest BCUT2D eigenvalue weighted by molar-refractivity contribution is 5.97. The molecule has 6 N–H and O–H groups in total. The van der Waals surface area contributed by atoms with Gasteiger partial charge in [0, 0.05) is 12.4 Å². The number of aromatic carboxylic acids is 1. The topological polar surface area (TPSA) is 144 Å². The van der Waals surface area contributed by atoms with Gasteiger partial charge in [-0.25, -0.2) is 4.79 Å². The number of furan rings is 1. The molecular formula is C17H24Cl2N4O4. The van der Waals surface area contributed by atoms with Gasteiger partial charge in [-0.15, -0.1) is 24.8 Å². The lowest BCUT2D eigenvalue weighted by molar-refractivity contribution is -0.122. The zero-order chi connectivity index (χ0) is 18.4. The molecule has 1 amide bonds. The molecule has 0 radical (unpaired) electrons. The normalized spacial score (nSPS) is 11.0. The Morgan fingerprint density at radius 3 is 2.63 bits per heavy atom. The van der Waals surface area contributed by atoms with Crippen molar-refractivity contribution < 1.29 is 19.1 Å². The van der Waals surface area contributed by atoms with E-state index in [0.29, 0.717) is 23.5 Å². The molecule has 0 saturated carbocycles. The first kappa shape index (κ1) is 24.7. The van der Waals surface area contributed by atoms with Crippen molar-refractivity contribution in [2.75, 3.05) is 5.73 Å². The van der Waals surface area contributed by atoms with Gasteiger partial charge < -0.3 is 26.3 Å². The molecule has 0 aliphatic carbocycles. The van der Waals surface area contributed by atoms with E-state index in [9.17, 15) is 9.59 Å². The smallest absolute Gasteiger partial charge is 0.339 e. The number of aromatic nitrogens is 1. The number of amides is 1. The summed E-state index contributed by atoms with van der Waals surface area (Å²) in [4.78, 5) is 26.9. The standard InChI is InChI=1S/C17H22N4O4.2ClH/c1-2-3-4-13(18)16(22)21-7-10-5-6-14(25-10)11-8-20-9-12(15(11)19)17(23)24;;/h5-6,8-9,13H,2-4,7,18H2,1H3,(H2,19,20)(H,21,22)(H,23,24);2*1H/t13-;;/m0../s1. The van der Waals surface area contributed by atoms with Crippen molar-refractivity contribution in [2.45, 2.75) is 38.8 Å². The van der Waals surface area contributed by atoms with E-state index in [-0.39, 0.29) is 48.5 Å². The van der Waals surface area contributed by atoms with Crippen molar-refractivity contribution in [3.8, 4) is 11.3 Å². The number of carboxylic acids is 1. The molecule has 0 unspecified atom stereocenters. The van der Waals surface area contributed by atoms with Crippen LogP contribution in [0.15, 0.2) is 28.9 Å². The summed E-state index contributed by atoms with van der Waals surface area (Å²) in [6.45, 7) is 2.22. The maximum Gasteiger partial charge on any atom is 0.339 e. The number of halogens is 2. The van der Waals surface area contributed by atoms with Crippen LogP contribution in [0.5, 0.6) is 0 Å². The van der Waals surface area contributed by atoms with Crippen molar-refractivity contribution >= 4 is 42.4 Å². The second-order valence-corrected chi connectivity index (χ2v) is 5.69. The Balaban J connectivity index is 0.00000338. The van der Waals surface area contributed by atoms with Crippen LogP contribution in [0.2, 0.25) is 0 Å². The summed E-state index contributed by atoms with van der Waals surface area (Å²) in [5.41, 5.74) is 12.0. The number of pyridine rings is 1. The Hall–Kier alpha value is -2.29. The molecule has 0 aromatic carbocycles. The number of nitrogens with zero attached hydrogens (tertiary/aromatic N) is 1. The van der Waals surface area contributed by atoms with E-state index < -0.39 is 12.0 Å². The minimum atomic E-state index is -1.16. The Bertz CT molecular complexity index is 767. The van der Waals surface area contributed by atoms with E-state index >= 15 is 0 Å². The lowest BCUT2D eigenvalue weighted by Gasteiger charge is -2.10. The van der Waals surface area contributed by atoms with E-state index in [1.165, 1.54) is 12.4 Å². The third kappa shape index (κ3) is 6.42. The number of hydrogen-bond donors (Lipinski definition) is 4. The number of anilines is 1. The molecule has 1 atom stereocenters. The third-order valence-electron chi connectivity index (χ3n) is 3.79. The molecule has 27 heavy (non-hydrogen) atoms. The fourth-order valence-corrected chi connectivity index (χ4v) is 2.32. The van der Waals surface area contributed by atoms with Crippen LogP contribution in [0.3, 0.4) is 0 Å². The van der Waals surface area contributed by atoms with Crippen LogP contribution in [0.25, 0.3) is 11.3 Å². The number of carbonyl (C=O) groups excluding carboxylic acids is 1. The highest BCUT2D eigenvalue weighted by Gasteiger charge is 2.17. The summed E-state index contributed by atoms with van der Waals surface area (Å²) in [5.74, 6) is -0.508. The van der Waals surface area contributed by atoms with Crippen molar-refractivity contribution in [3.05, 3.63) is 35.9 Å². The first-order valence-electron chi connectivity index (χ1n) is 8.03. The van der Waals surface area contributed by atoms with Gasteiger partial charge in [-0.05, 0) is 18.6 Å². The van der Waals surface area contributed by atoms with Crippen molar-refractivity contribution in [3.63, 3.8) is 0 Å².